The van der Waals surface area contributed by atoms with Gasteiger partial charge in [-0.15, -0.1) is 0 Å². The Morgan fingerprint density at radius 3 is 2.75 bits per heavy atom. The fraction of sp³-hybridized carbons (Fsp3) is 0.857. The second-order valence-electron chi connectivity index (χ2n) is 2.28. The molecular formula is C7H13O. The van der Waals surface area contributed by atoms with Crippen molar-refractivity contribution in [2.75, 3.05) is 6.61 Å². The van der Waals surface area contributed by atoms with Crippen molar-refractivity contribution >= 4 is 0 Å². The third-order valence-corrected chi connectivity index (χ3v) is 1.27. The van der Waals surface area contributed by atoms with Gasteiger partial charge in [0.15, 0.2) is 0 Å². The fourth-order valence-electron chi connectivity index (χ4n) is 0.587. The number of hydrogen-bond donors (Lipinski definition) is 0. The average molecular weight is 113 g/mol. The van der Waals surface area contributed by atoms with Gasteiger partial charge in [-0.05, 0) is 19.3 Å². The molecule has 1 fully saturated rings. The van der Waals surface area contributed by atoms with E-state index in [9.17, 15) is 0 Å². The molecule has 1 aliphatic rings. The zero-order valence-corrected chi connectivity index (χ0v) is 5.23. The van der Waals surface area contributed by atoms with E-state index in [0.29, 0.717) is 6.10 Å². The molecule has 0 unspecified atom stereocenters. The highest BCUT2D eigenvalue weighted by atomic mass is 16.5. The van der Waals surface area contributed by atoms with Gasteiger partial charge in [-0.3, -0.25) is 0 Å². The molecule has 47 valence electrons. The summed E-state index contributed by atoms with van der Waals surface area (Å²) in [6, 6.07) is 0. The molecular weight excluding hydrogens is 100 g/mol. The number of unbranched alkanes of at least 4 members (excludes halogenated alkanes) is 1. The largest absolute Gasteiger partial charge is 0.378 e. The third-order valence-electron chi connectivity index (χ3n) is 1.27. The summed E-state index contributed by atoms with van der Waals surface area (Å²) < 4.78 is 5.35. The van der Waals surface area contributed by atoms with E-state index in [1.165, 1.54) is 12.8 Å². The fourth-order valence-corrected chi connectivity index (χ4v) is 0.587. The average Bonchev–Trinajstić information content (AvgIpc) is 2.51. The van der Waals surface area contributed by atoms with Gasteiger partial charge in [-0.25, -0.2) is 0 Å². The van der Waals surface area contributed by atoms with Crippen LogP contribution < -0.4 is 0 Å². The third kappa shape index (κ3) is 2.31. The van der Waals surface area contributed by atoms with Crippen molar-refractivity contribution in [1.82, 2.24) is 0 Å². The number of rotatable bonds is 4. The molecule has 1 aliphatic carbocycles. The molecule has 0 bridgehead atoms. The maximum absolute atomic E-state index is 5.35. The molecule has 1 heteroatoms. The lowest BCUT2D eigenvalue weighted by molar-refractivity contribution is 0.118. The standard InChI is InChI=1S/C7H13O/c1-2-3-6-8-7-4-5-7/h7H,1-6H2. The Morgan fingerprint density at radius 1 is 1.50 bits per heavy atom. The van der Waals surface area contributed by atoms with Gasteiger partial charge < -0.3 is 4.74 Å². The summed E-state index contributed by atoms with van der Waals surface area (Å²) in [6.45, 7) is 4.65. The van der Waals surface area contributed by atoms with Crippen LogP contribution in [0.4, 0.5) is 0 Å². The van der Waals surface area contributed by atoms with Gasteiger partial charge in [-0.2, -0.15) is 0 Å². The van der Waals surface area contributed by atoms with Crippen molar-refractivity contribution in [2.45, 2.75) is 31.8 Å². The van der Waals surface area contributed by atoms with Crippen molar-refractivity contribution in [3.05, 3.63) is 6.92 Å². The first kappa shape index (κ1) is 6.09. The molecule has 1 rings (SSSR count). The van der Waals surface area contributed by atoms with Gasteiger partial charge in [0, 0.05) is 6.61 Å². The van der Waals surface area contributed by atoms with Gasteiger partial charge in [0.05, 0.1) is 6.10 Å². The molecule has 0 amide bonds. The van der Waals surface area contributed by atoms with Crippen molar-refractivity contribution in [1.29, 1.82) is 0 Å². The maximum atomic E-state index is 5.35. The minimum Gasteiger partial charge on any atom is -0.378 e. The highest BCUT2D eigenvalue weighted by Crippen LogP contribution is 2.23. The number of ether oxygens (including phenoxy) is 1. The van der Waals surface area contributed by atoms with Crippen LogP contribution in [0.5, 0.6) is 0 Å². The van der Waals surface area contributed by atoms with Crippen LogP contribution in [0.25, 0.3) is 0 Å². The Morgan fingerprint density at radius 2 is 2.25 bits per heavy atom. The Labute approximate surface area is 51.0 Å². The van der Waals surface area contributed by atoms with E-state index in [-0.39, 0.29) is 0 Å². The lowest BCUT2D eigenvalue weighted by Gasteiger charge is -1.96. The van der Waals surface area contributed by atoms with E-state index >= 15 is 0 Å². The molecule has 1 radical (unpaired) electrons. The smallest absolute Gasteiger partial charge is 0.0577 e. The SMILES string of the molecule is [CH2]CCCOC1CC1. The van der Waals surface area contributed by atoms with Gasteiger partial charge in [0.25, 0.3) is 0 Å². The van der Waals surface area contributed by atoms with Crippen LogP contribution in [0.1, 0.15) is 25.7 Å². The first-order valence-corrected chi connectivity index (χ1v) is 3.34. The number of hydrogen-bond acceptors (Lipinski definition) is 1. The Balaban J connectivity index is 1.74. The van der Waals surface area contributed by atoms with E-state index in [4.69, 9.17) is 4.74 Å². The summed E-state index contributed by atoms with van der Waals surface area (Å²) >= 11 is 0. The quantitative estimate of drug-likeness (QED) is 0.505. The molecule has 0 aromatic heterocycles. The van der Waals surface area contributed by atoms with Crippen LogP contribution >= 0.6 is 0 Å². The van der Waals surface area contributed by atoms with E-state index in [2.05, 4.69) is 6.92 Å². The molecule has 1 saturated carbocycles. The molecule has 0 aromatic carbocycles. The van der Waals surface area contributed by atoms with Crippen molar-refractivity contribution in [2.24, 2.45) is 0 Å². The van der Waals surface area contributed by atoms with Gasteiger partial charge >= 0.3 is 0 Å². The highest BCUT2D eigenvalue weighted by molar-refractivity contribution is 4.72. The Hall–Kier alpha value is -0.0400. The molecule has 0 atom stereocenters. The molecule has 0 heterocycles. The first-order chi connectivity index (χ1) is 3.93. The van der Waals surface area contributed by atoms with Gasteiger partial charge in [0.2, 0.25) is 0 Å². The highest BCUT2D eigenvalue weighted by Gasteiger charge is 2.20. The minimum atomic E-state index is 0.626. The summed E-state index contributed by atoms with van der Waals surface area (Å²) in [4.78, 5) is 0. The van der Waals surface area contributed by atoms with Crippen LogP contribution in [0, 0.1) is 6.92 Å². The Kier molecular flexibility index (Phi) is 2.34. The normalized spacial score (nSPS) is 19.1. The second-order valence-corrected chi connectivity index (χ2v) is 2.28. The van der Waals surface area contributed by atoms with E-state index in [1.807, 2.05) is 0 Å². The monoisotopic (exact) mass is 113 g/mol. The molecule has 0 aliphatic heterocycles. The van der Waals surface area contributed by atoms with E-state index < -0.39 is 0 Å². The molecule has 0 spiro atoms. The lowest BCUT2D eigenvalue weighted by Crippen LogP contribution is -1.94. The predicted molar refractivity (Wildman–Crippen MR) is 33.6 cm³/mol. The minimum absolute atomic E-state index is 0.626. The van der Waals surface area contributed by atoms with Gasteiger partial charge in [-0.1, -0.05) is 13.3 Å². The maximum Gasteiger partial charge on any atom is 0.0577 e. The van der Waals surface area contributed by atoms with Crippen LogP contribution in [-0.2, 0) is 4.74 Å². The van der Waals surface area contributed by atoms with Crippen LogP contribution in [0.3, 0.4) is 0 Å². The summed E-state index contributed by atoms with van der Waals surface area (Å²) in [6.07, 6.45) is 5.33. The second kappa shape index (κ2) is 3.08. The van der Waals surface area contributed by atoms with Crippen molar-refractivity contribution in [3.63, 3.8) is 0 Å². The summed E-state index contributed by atoms with van der Waals surface area (Å²) in [5.74, 6) is 0. The zero-order chi connectivity index (χ0) is 5.82. The Bertz CT molecular complexity index is 57.4. The summed E-state index contributed by atoms with van der Waals surface area (Å²) in [5.41, 5.74) is 0. The molecule has 0 saturated heterocycles. The topological polar surface area (TPSA) is 9.23 Å². The zero-order valence-electron chi connectivity index (χ0n) is 5.23. The van der Waals surface area contributed by atoms with Crippen molar-refractivity contribution in [3.8, 4) is 0 Å². The van der Waals surface area contributed by atoms with Crippen molar-refractivity contribution < 1.29 is 4.74 Å². The van der Waals surface area contributed by atoms with E-state index in [1.54, 1.807) is 0 Å². The molecule has 8 heavy (non-hydrogen) atoms. The molecule has 0 N–H and O–H groups in total. The summed E-state index contributed by atoms with van der Waals surface area (Å²) in [7, 11) is 0. The molecule has 0 aromatic rings. The van der Waals surface area contributed by atoms with Crippen LogP contribution in [-0.4, -0.2) is 12.7 Å². The van der Waals surface area contributed by atoms with Gasteiger partial charge in [0.1, 0.15) is 0 Å². The predicted octanol–water partition coefficient (Wildman–Crippen LogP) is 1.78. The lowest BCUT2D eigenvalue weighted by atomic mass is 10.4. The first-order valence-electron chi connectivity index (χ1n) is 3.34. The van der Waals surface area contributed by atoms with E-state index in [0.717, 1.165) is 19.4 Å². The van der Waals surface area contributed by atoms with Crippen LogP contribution in [0.2, 0.25) is 0 Å². The molecule has 1 nitrogen and oxygen atoms in total. The van der Waals surface area contributed by atoms with Crippen LogP contribution in [0.15, 0.2) is 0 Å². The summed E-state index contributed by atoms with van der Waals surface area (Å²) in [5, 5.41) is 0.